The van der Waals surface area contributed by atoms with E-state index in [4.69, 9.17) is 9.47 Å². The van der Waals surface area contributed by atoms with Gasteiger partial charge in [0.25, 0.3) is 0 Å². The zero-order valence-electron chi connectivity index (χ0n) is 9.60. The SMILES string of the molecule is C=CCC(C)OC(=O)c1ccc(OC)cc1. The molecule has 0 saturated heterocycles. The molecule has 0 heterocycles. The summed E-state index contributed by atoms with van der Waals surface area (Å²) in [6, 6.07) is 6.83. The molecular weight excluding hydrogens is 204 g/mol. The van der Waals surface area contributed by atoms with Crippen molar-refractivity contribution in [2.24, 2.45) is 0 Å². The predicted octanol–water partition coefficient (Wildman–Crippen LogP) is 2.82. The first-order valence-corrected chi connectivity index (χ1v) is 5.13. The lowest BCUT2D eigenvalue weighted by Gasteiger charge is -2.11. The molecule has 3 heteroatoms. The molecule has 1 atom stereocenters. The third-order valence-electron chi connectivity index (χ3n) is 2.13. The van der Waals surface area contributed by atoms with Gasteiger partial charge in [0.2, 0.25) is 0 Å². The van der Waals surface area contributed by atoms with Crippen molar-refractivity contribution in [1.82, 2.24) is 0 Å². The molecule has 0 aliphatic heterocycles. The number of esters is 1. The first-order chi connectivity index (χ1) is 7.67. The van der Waals surface area contributed by atoms with E-state index in [0.717, 1.165) is 5.75 Å². The first kappa shape index (κ1) is 12.3. The largest absolute Gasteiger partial charge is 0.497 e. The number of hydrogen-bond donors (Lipinski definition) is 0. The van der Waals surface area contributed by atoms with Crippen molar-refractivity contribution < 1.29 is 14.3 Å². The molecule has 0 aliphatic carbocycles. The van der Waals surface area contributed by atoms with Crippen molar-refractivity contribution in [3.05, 3.63) is 42.5 Å². The minimum absolute atomic E-state index is 0.146. The third kappa shape index (κ3) is 3.42. The Kier molecular flexibility index (Phi) is 4.58. The molecule has 1 aromatic carbocycles. The van der Waals surface area contributed by atoms with Crippen LogP contribution in [-0.2, 0) is 4.74 Å². The van der Waals surface area contributed by atoms with Crippen LogP contribution in [0.25, 0.3) is 0 Å². The van der Waals surface area contributed by atoms with Crippen LogP contribution >= 0.6 is 0 Å². The monoisotopic (exact) mass is 220 g/mol. The predicted molar refractivity (Wildman–Crippen MR) is 62.7 cm³/mol. The van der Waals surface area contributed by atoms with Crippen LogP contribution in [0.5, 0.6) is 5.75 Å². The summed E-state index contributed by atoms with van der Waals surface area (Å²) in [5.41, 5.74) is 0.525. The van der Waals surface area contributed by atoms with E-state index in [1.807, 2.05) is 6.92 Å². The molecule has 0 spiro atoms. The van der Waals surface area contributed by atoms with E-state index in [9.17, 15) is 4.79 Å². The summed E-state index contributed by atoms with van der Waals surface area (Å²) in [4.78, 5) is 11.6. The highest BCUT2D eigenvalue weighted by molar-refractivity contribution is 5.89. The van der Waals surface area contributed by atoms with Gasteiger partial charge in [0.15, 0.2) is 0 Å². The van der Waals surface area contributed by atoms with Gasteiger partial charge >= 0.3 is 5.97 Å². The number of rotatable bonds is 5. The minimum atomic E-state index is -0.322. The lowest BCUT2D eigenvalue weighted by atomic mass is 10.2. The van der Waals surface area contributed by atoms with Gasteiger partial charge in [-0.1, -0.05) is 6.08 Å². The lowest BCUT2D eigenvalue weighted by Crippen LogP contribution is -2.14. The van der Waals surface area contributed by atoms with Gasteiger partial charge in [-0.05, 0) is 31.2 Å². The third-order valence-corrected chi connectivity index (χ3v) is 2.13. The maximum absolute atomic E-state index is 11.6. The Bertz CT molecular complexity index is 354. The molecule has 0 N–H and O–H groups in total. The highest BCUT2D eigenvalue weighted by Crippen LogP contribution is 2.13. The Labute approximate surface area is 95.7 Å². The highest BCUT2D eigenvalue weighted by Gasteiger charge is 2.10. The summed E-state index contributed by atoms with van der Waals surface area (Å²) in [5.74, 6) is 0.396. The molecule has 0 fully saturated rings. The number of ether oxygens (including phenoxy) is 2. The average molecular weight is 220 g/mol. The van der Waals surface area contributed by atoms with E-state index in [-0.39, 0.29) is 12.1 Å². The fourth-order valence-corrected chi connectivity index (χ4v) is 1.26. The summed E-state index contributed by atoms with van der Waals surface area (Å²) in [6.45, 7) is 5.43. The molecule has 3 nitrogen and oxygen atoms in total. The molecular formula is C13H16O3. The number of carbonyl (C=O) groups excluding carboxylic acids is 1. The average Bonchev–Trinajstić information content (AvgIpc) is 2.29. The maximum Gasteiger partial charge on any atom is 0.338 e. The van der Waals surface area contributed by atoms with Crippen molar-refractivity contribution in [2.45, 2.75) is 19.4 Å². The number of carbonyl (C=O) groups is 1. The molecule has 1 aromatic rings. The Balaban J connectivity index is 2.62. The van der Waals surface area contributed by atoms with Crippen molar-refractivity contribution in [1.29, 1.82) is 0 Å². The summed E-state index contributed by atoms with van der Waals surface area (Å²) >= 11 is 0. The molecule has 0 radical (unpaired) electrons. The summed E-state index contributed by atoms with van der Waals surface area (Å²) in [5, 5.41) is 0. The van der Waals surface area contributed by atoms with Crippen LogP contribution in [-0.4, -0.2) is 19.2 Å². The molecule has 1 unspecified atom stereocenters. The Morgan fingerprint density at radius 1 is 1.44 bits per heavy atom. The van der Waals surface area contributed by atoms with Crippen LogP contribution in [0, 0.1) is 0 Å². The van der Waals surface area contributed by atoms with Crippen LogP contribution < -0.4 is 4.74 Å². The van der Waals surface area contributed by atoms with Gasteiger partial charge in [-0.3, -0.25) is 0 Å². The van der Waals surface area contributed by atoms with Gasteiger partial charge < -0.3 is 9.47 Å². The first-order valence-electron chi connectivity index (χ1n) is 5.13. The molecule has 16 heavy (non-hydrogen) atoms. The minimum Gasteiger partial charge on any atom is -0.497 e. The number of hydrogen-bond acceptors (Lipinski definition) is 3. The maximum atomic E-state index is 11.6. The van der Waals surface area contributed by atoms with Crippen LogP contribution in [0.4, 0.5) is 0 Å². The second kappa shape index (κ2) is 5.95. The van der Waals surface area contributed by atoms with Crippen molar-refractivity contribution in [2.75, 3.05) is 7.11 Å². The van der Waals surface area contributed by atoms with Gasteiger partial charge in [-0.25, -0.2) is 4.79 Å². The normalized spacial score (nSPS) is 11.6. The van der Waals surface area contributed by atoms with Gasteiger partial charge in [0.05, 0.1) is 12.7 Å². The van der Waals surface area contributed by atoms with Gasteiger partial charge in [0, 0.05) is 6.42 Å². The lowest BCUT2D eigenvalue weighted by molar-refractivity contribution is 0.0348. The summed E-state index contributed by atoms with van der Waals surface area (Å²) in [7, 11) is 1.58. The topological polar surface area (TPSA) is 35.5 Å². The quantitative estimate of drug-likeness (QED) is 0.565. The van der Waals surface area contributed by atoms with Crippen LogP contribution in [0.15, 0.2) is 36.9 Å². The molecule has 0 bridgehead atoms. The molecule has 1 rings (SSSR count). The Morgan fingerprint density at radius 2 is 2.06 bits per heavy atom. The van der Waals surface area contributed by atoms with Crippen molar-refractivity contribution in [3.63, 3.8) is 0 Å². The van der Waals surface area contributed by atoms with Crippen LogP contribution in [0.2, 0.25) is 0 Å². The highest BCUT2D eigenvalue weighted by atomic mass is 16.5. The van der Waals surface area contributed by atoms with E-state index in [1.54, 1.807) is 37.5 Å². The number of methoxy groups -OCH3 is 1. The van der Waals surface area contributed by atoms with E-state index in [0.29, 0.717) is 12.0 Å². The molecule has 0 saturated carbocycles. The molecule has 0 amide bonds. The second-order valence-electron chi connectivity index (χ2n) is 3.47. The summed E-state index contributed by atoms with van der Waals surface area (Å²) in [6.07, 6.45) is 2.24. The van der Waals surface area contributed by atoms with E-state index in [2.05, 4.69) is 6.58 Å². The smallest absolute Gasteiger partial charge is 0.338 e. The Morgan fingerprint density at radius 3 is 2.56 bits per heavy atom. The van der Waals surface area contributed by atoms with Crippen molar-refractivity contribution in [3.8, 4) is 5.75 Å². The van der Waals surface area contributed by atoms with Crippen LogP contribution in [0.1, 0.15) is 23.7 Å². The van der Waals surface area contributed by atoms with Gasteiger partial charge in [0.1, 0.15) is 11.9 Å². The van der Waals surface area contributed by atoms with E-state index < -0.39 is 0 Å². The molecule has 0 aliphatic rings. The fourth-order valence-electron chi connectivity index (χ4n) is 1.26. The zero-order valence-corrected chi connectivity index (χ0v) is 9.60. The number of benzene rings is 1. The standard InChI is InChI=1S/C13H16O3/c1-4-5-10(2)16-13(14)11-6-8-12(15-3)9-7-11/h4,6-10H,1,5H2,2-3H3. The fraction of sp³-hybridized carbons (Fsp3) is 0.308. The van der Waals surface area contributed by atoms with E-state index in [1.165, 1.54) is 0 Å². The molecule has 86 valence electrons. The molecule has 0 aromatic heterocycles. The summed E-state index contributed by atoms with van der Waals surface area (Å²) < 4.78 is 10.2. The van der Waals surface area contributed by atoms with Gasteiger partial charge in [-0.15, -0.1) is 6.58 Å². The van der Waals surface area contributed by atoms with Crippen LogP contribution in [0.3, 0.4) is 0 Å². The second-order valence-corrected chi connectivity index (χ2v) is 3.47. The van der Waals surface area contributed by atoms with Crippen molar-refractivity contribution >= 4 is 5.97 Å². The van der Waals surface area contributed by atoms with E-state index >= 15 is 0 Å². The Hall–Kier alpha value is -1.77. The van der Waals surface area contributed by atoms with Gasteiger partial charge in [-0.2, -0.15) is 0 Å². The zero-order chi connectivity index (χ0) is 12.0.